The smallest absolute Gasteiger partial charge is 0.262 e. The molecule has 3 amide bonds. The third kappa shape index (κ3) is 6.08. The Morgan fingerprint density at radius 3 is 2.59 bits per heavy atom. The van der Waals surface area contributed by atoms with Crippen LogP contribution in [0, 0.1) is 5.92 Å². The van der Waals surface area contributed by atoms with Gasteiger partial charge in [-0.15, -0.1) is 11.3 Å². The van der Waals surface area contributed by atoms with Crippen molar-refractivity contribution in [3.05, 3.63) is 74.9 Å². The third-order valence-electron chi connectivity index (χ3n) is 5.23. The average Bonchev–Trinajstić information content (AvgIpc) is 3.49. The fourth-order valence-electron chi connectivity index (χ4n) is 3.51. The molecule has 3 aromatic rings. The maximum absolute atomic E-state index is 12.5. The van der Waals surface area contributed by atoms with Gasteiger partial charge in [0, 0.05) is 29.2 Å². The van der Waals surface area contributed by atoms with Gasteiger partial charge in [-0.25, -0.2) is 0 Å². The highest BCUT2D eigenvalue weighted by Crippen LogP contribution is 2.28. The van der Waals surface area contributed by atoms with Crippen molar-refractivity contribution in [2.75, 3.05) is 23.4 Å². The van der Waals surface area contributed by atoms with Crippen LogP contribution < -0.4 is 20.3 Å². The van der Waals surface area contributed by atoms with Crippen LogP contribution in [0.1, 0.15) is 11.3 Å². The summed E-state index contributed by atoms with van der Waals surface area (Å²) < 4.78 is 5.53. The molecule has 1 aliphatic heterocycles. The second-order valence-electron chi connectivity index (χ2n) is 7.66. The van der Waals surface area contributed by atoms with Crippen LogP contribution in [0.3, 0.4) is 0 Å². The van der Waals surface area contributed by atoms with Crippen LogP contribution in [0.25, 0.3) is 0 Å². The van der Waals surface area contributed by atoms with Crippen molar-refractivity contribution in [1.82, 2.24) is 5.32 Å². The quantitative estimate of drug-likeness (QED) is 0.451. The Morgan fingerprint density at radius 2 is 1.88 bits per heavy atom. The highest BCUT2D eigenvalue weighted by Gasteiger charge is 2.35. The zero-order valence-corrected chi connectivity index (χ0v) is 20.3. The van der Waals surface area contributed by atoms with E-state index in [-0.39, 0.29) is 30.7 Å². The molecule has 0 saturated carbocycles. The molecule has 10 heteroatoms. The van der Waals surface area contributed by atoms with Crippen molar-refractivity contribution < 1.29 is 19.1 Å². The normalized spacial score (nSPS) is 15.3. The van der Waals surface area contributed by atoms with E-state index in [4.69, 9.17) is 27.9 Å². The van der Waals surface area contributed by atoms with Crippen LogP contribution in [0.4, 0.5) is 11.4 Å². The standard InChI is InChI=1S/C24H21Cl2N3O4S/c25-20-8-3-16(11-21(20)26)28-22(30)14-33-18-6-4-17(5-7-18)29-13-15(10-23(29)31)24(32)27-12-19-2-1-9-34-19/h1-9,11,15H,10,12-14H2,(H,27,32)(H,28,30)/t15-/m1/s1. The van der Waals surface area contributed by atoms with Gasteiger partial charge in [-0.05, 0) is 53.9 Å². The second-order valence-corrected chi connectivity index (χ2v) is 9.51. The molecule has 1 atom stereocenters. The molecule has 0 unspecified atom stereocenters. The molecule has 2 N–H and O–H groups in total. The van der Waals surface area contributed by atoms with Crippen LogP contribution in [0.15, 0.2) is 60.0 Å². The Kier molecular flexibility index (Phi) is 7.72. The molecular formula is C24H21Cl2N3O4S. The number of rotatable bonds is 8. The predicted molar refractivity (Wildman–Crippen MR) is 134 cm³/mol. The molecule has 34 heavy (non-hydrogen) atoms. The Labute approximate surface area is 210 Å². The maximum Gasteiger partial charge on any atom is 0.262 e. The minimum absolute atomic E-state index is 0.106. The molecule has 1 aromatic heterocycles. The number of halogens is 2. The lowest BCUT2D eigenvalue weighted by atomic mass is 10.1. The van der Waals surface area contributed by atoms with Gasteiger partial charge in [0.15, 0.2) is 6.61 Å². The van der Waals surface area contributed by atoms with Gasteiger partial charge in [0.1, 0.15) is 5.75 Å². The summed E-state index contributed by atoms with van der Waals surface area (Å²) in [4.78, 5) is 39.7. The lowest BCUT2D eigenvalue weighted by Gasteiger charge is -2.17. The van der Waals surface area contributed by atoms with E-state index in [0.717, 1.165) is 4.88 Å². The summed E-state index contributed by atoms with van der Waals surface area (Å²) in [6, 6.07) is 15.5. The van der Waals surface area contributed by atoms with E-state index in [1.54, 1.807) is 58.7 Å². The first-order valence-electron chi connectivity index (χ1n) is 10.5. The number of hydrogen-bond acceptors (Lipinski definition) is 5. The molecule has 4 rings (SSSR count). The predicted octanol–water partition coefficient (Wildman–Crippen LogP) is 4.74. The Bertz CT molecular complexity index is 1190. The van der Waals surface area contributed by atoms with Gasteiger partial charge < -0.3 is 20.3 Å². The van der Waals surface area contributed by atoms with Gasteiger partial charge >= 0.3 is 0 Å². The number of anilines is 2. The van der Waals surface area contributed by atoms with Crippen LogP contribution >= 0.6 is 34.5 Å². The van der Waals surface area contributed by atoms with Gasteiger partial charge in [0.05, 0.1) is 22.5 Å². The molecule has 1 aliphatic rings. The van der Waals surface area contributed by atoms with Gasteiger partial charge in [-0.1, -0.05) is 29.3 Å². The number of hydrogen-bond donors (Lipinski definition) is 2. The van der Waals surface area contributed by atoms with E-state index in [9.17, 15) is 14.4 Å². The summed E-state index contributed by atoms with van der Waals surface area (Å²) in [5, 5.41) is 8.28. The molecule has 1 saturated heterocycles. The molecule has 176 valence electrons. The summed E-state index contributed by atoms with van der Waals surface area (Å²) in [5.41, 5.74) is 1.19. The number of benzene rings is 2. The molecule has 0 spiro atoms. The Balaban J connectivity index is 1.27. The molecule has 0 radical (unpaired) electrons. The van der Waals surface area contributed by atoms with E-state index in [2.05, 4.69) is 10.6 Å². The molecule has 1 fully saturated rings. The molecule has 7 nitrogen and oxygen atoms in total. The summed E-state index contributed by atoms with van der Waals surface area (Å²) in [6.45, 7) is 0.585. The molecule has 2 aromatic carbocycles. The monoisotopic (exact) mass is 517 g/mol. The first-order valence-corrected chi connectivity index (χ1v) is 12.1. The minimum Gasteiger partial charge on any atom is -0.484 e. The first kappa shape index (κ1) is 24.1. The van der Waals surface area contributed by atoms with Crippen molar-refractivity contribution in [2.24, 2.45) is 5.92 Å². The van der Waals surface area contributed by atoms with Crippen LogP contribution in [-0.2, 0) is 20.9 Å². The SMILES string of the molecule is O=C(COc1ccc(N2C[C@H](C(=O)NCc3cccs3)CC2=O)cc1)Nc1ccc(Cl)c(Cl)c1. The fourth-order valence-corrected chi connectivity index (χ4v) is 4.45. The number of amides is 3. The zero-order chi connectivity index (χ0) is 24.1. The van der Waals surface area contributed by atoms with E-state index < -0.39 is 5.92 Å². The number of thiophene rings is 1. The summed E-state index contributed by atoms with van der Waals surface area (Å²) in [5.74, 6) is -0.505. The van der Waals surface area contributed by atoms with Crippen molar-refractivity contribution in [3.8, 4) is 5.75 Å². The van der Waals surface area contributed by atoms with Crippen molar-refractivity contribution in [1.29, 1.82) is 0 Å². The van der Waals surface area contributed by atoms with Crippen LogP contribution in [0.5, 0.6) is 5.75 Å². The number of nitrogens with one attached hydrogen (secondary N) is 2. The lowest BCUT2D eigenvalue weighted by molar-refractivity contribution is -0.126. The first-order chi connectivity index (χ1) is 16.4. The van der Waals surface area contributed by atoms with Gasteiger partial charge in [-0.3, -0.25) is 14.4 Å². The number of carbonyl (C=O) groups is 3. The van der Waals surface area contributed by atoms with E-state index >= 15 is 0 Å². The van der Waals surface area contributed by atoms with Gasteiger partial charge in [0.2, 0.25) is 11.8 Å². The highest BCUT2D eigenvalue weighted by molar-refractivity contribution is 7.09. The zero-order valence-electron chi connectivity index (χ0n) is 17.9. The van der Waals surface area contributed by atoms with Crippen molar-refractivity contribution in [3.63, 3.8) is 0 Å². The maximum atomic E-state index is 12.5. The Morgan fingerprint density at radius 1 is 1.09 bits per heavy atom. The third-order valence-corrected chi connectivity index (χ3v) is 6.85. The van der Waals surface area contributed by atoms with Crippen LogP contribution in [-0.4, -0.2) is 30.9 Å². The largest absolute Gasteiger partial charge is 0.484 e. The molecular weight excluding hydrogens is 497 g/mol. The molecule has 0 bridgehead atoms. The number of ether oxygens (including phenoxy) is 1. The lowest BCUT2D eigenvalue weighted by Crippen LogP contribution is -2.32. The van der Waals surface area contributed by atoms with Gasteiger partial charge in [0.25, 0.3) is 5.91 Å². The molecule has 0 aliphatic carbocycles. The van der Waals surface area contributed by atoms with E-state index in [0.29, 0.717) is 40.3 Å². The number of carbonyl (C=O) groups excluding carboxylic acids is 3. The van der Waals surface area contributed by atoms with E-state index in [1.165, 1.54) is 0 Å². The average molecular weight is 518 g/mol. The van der Waals surface area contributed by atoms with Crippen molar-refractivity contribution in [2.45, 2.75) is 13.0 Å². The minimum atomic E-state index is -0.395. The number of nitrogens with zero attached hydrogens (tertiary/aromatic N) is 1. The summed E-state index contributed by atoms with van der Waals surface area (Å²) in [7, 11) is 0. The van der Waals surface area contributed by atoms with Crippen LogP contribution in [0.2, 0.25) is 10.0 Å². The van der Waals surface area contributed by atoms with Gasteiger partial charge in [-0.2, -0.15) is 0 Å². The Hall–Kier alpha value is -3.07. The molecule has 2 heterocycles. The highest BCUT2D eigenvalue weighted by atomic mass is 35.5. The van der Waals surface area contributed by atoms with Crippen molar-refractivity contribution >= 4 is 63.6 Å². The topological polar surface area (TPSA) is 87.7 Å². The fraction of sp³-hybridized carbons (Fsp3) is 0.208. The summed E-state index contributed by atoms with van der Waals surface area (Å²) in [6.07, 6.45) is 0.170. The van der Waals surface area contributed by atoms with E-state index in [1.807, 2.05) is 17.5 Å². The summed E-state index contributed by atoms with van der Waals surface area (Å²) >= 11 is 13.4. The second kappa shape index (κ2) is 10.9.